The second-order valence-corrected chi connectivity index (χ2v) is 2.84. The Bertz CT molecular complexity index is 671. The summed E-state index contributed by atoms with van der Waals surface area (Å²) in [6, 6.07) is 8.06. The van der Waals surface area contributed by atoms with Gasteiger partial charge in [-0.25, -0.2) is 0 Å². The molecule has 3 rings (SSSR count). The number of nitrogens with zero attached hydrogens (tertiary/aromatic N) is 1. The maximum Gasteiger partial charge on any atom is 0.302 e. The van der Waals surface area contributed by atoms with Crippen LogP contribution in [-0.2, 0) is 20.1 Å². The van der Waals surface area contributed by atoms with Gasteiger partial charge in [-0.15, -0.1) is 29.7 Å². The first-order valence-electron chi connectivity index (χ1n) is 4.03. The van der Waals surface area contributed by atoms with Crippen LogP contribution in [0.3, 0.4) is 0 Å². The zero-order chi connectivity index (χ0) is 9.54. The van der Waals surface area contributed by atoms with Crippen molar-refractivity contribution in [2.75, 3.05) is 0 Å². The summed E-state index contributed by atoms with van der Waals surface area (Å²) in [4.78, 5) is 15.4. The van der Waals surface area contributed by atoms with Crippen molar-refractivity contribution in [2.24, 2.45) is 0 Å². The van der Waals surface area contributed by atoms with Gasteiger partial charge in [0.15, 0.2) is 6.39 Å². The van der Waals surface area contributed by atoms with E-state index in [-0.39, 0.29) is 25.9 Å². The maximum atomic E-state index is 11.4. The predicted molar refractivity (Wildman–Crippen MR) is 48.9 cm³/mol. The number of hydrogen-bond donors (Lipinski definition) is 0. The van der Waals surface area contributed by atoms with Crippen molar-refractivity contribution in [3.8, 4) is 0 Å². The number of fused-ring (bicyclic) bond motifs is 3. The Labute approximate surface area is 97.3 Å². The van der Waals surface area contributed by atoms with Crippen LogP contribution in [0, 0.1) is 6.07 Å². The first-order valence-corrected chi connectivity index (χ1v) is 4.03. The summed E-state index contributed by atoms with van der Waals surface area (Å²) in [5.74, 6) is 0.143. The topological polar surface area (TPSA) is 56.2 Å². The largest absolute Gasteiger partial charge is 0.420 e. The maximum absolute atomic E-state index is 11.4. The van der Waals surface area contributed by atoms with Gasteiger partial charge in [0.2, 0.25) is 0 Å². The fraction of sp³-hybridized carbons (Fsp3) is 0. The molecule has 0 saturated heterocycles. The molecular weight excluding hydrogens is 374 g/mol. The van der Waals surface area contributed by atoms with E-state index in [1.807, 2.05) is 0 Å². The standard InChI is InChI=1S/C10H4NO3.Ir/c12-9-7-4-2-1-3-6(7)8-10(14-9)13-5-11-8;/h1-2,4-5H;/q-1;. The van der Waals surface area contributed by atoms with E-state index >= 15 is 0 Å². The summed E-state index contributed by atoms with van der Waals surface area (Å²) < 4.78 is 9.82. The molecule has 0 bridgehead atoms. The van der Waals surface area contributed by atoms with Crippen molar-refractivity contribution >= 4 is 22.1 Å². The molecule has 3 aromatic rings. The molecule has 0 aliphatic carbocycles. The average molecular weight is 378 g/mol. The van der Waals surface area contributed by atoms with E-state index in [1.165, 1.54) is 6.39 Å². The van der Waals surface area contributed by atoms with Crippen molar-refractivity contribution < 1.29 is 28.9 Å². The van der Waals surface area contributed by atoms with E-state index in [0.717, 1.165) is 0 Å². The molecule has 0 atom stereocenters. The fourth-order valence-corrected chi connectivity index (χ4v) is 1.42. The Morgan fingerprint density at radius 1 is 1.40 bits per heavy atom. The van der Waals surface area contributed by atoms with Crippen molar-refractivity contribution in [1.29, 1.82) is 0 Å². The normalized spacial score (nSPS) is 10.4. The average Bonchev–Trinajstić information content (AvgIpc) is 2.66. The van der Waals surface area contributed by atoms with Gasteiger partial charge in [-0.1, -0.05) is 0 Å². The fourth-order valence-electron chi connectivity index (χ4n) is 1.42. The Balaban J connectivity index is 0.000000853. The van der Waals surface area contributed by atoms with Crippen LogP contribution in [0.25, 0.3) is 22.1 Å². The summed E-state index contributed by atoms with van der Waals surface area (Å²) >= 11 is 0. The third kappa shape index (κ3) is 1.40. The molecule has 0 aliphatic heterocycles. The molecule has 0 amide bonds. The number of benzene rings is 1. The monoisotopic (exact) mass is 379 g/mol. The molecule has 0 spiro atoms. The molecule has 77 valence electrons. The number of aromatic nitrogens is 1. The molecule has 1 aromatic carbocycles. The number of oxazole rings is 1. The minimum atomic E-state index is -0.430. The zero-order valence-electron chi connectivity index (χ0n) is 7.31. The molecule has 1 radical (unpaired) electrons. The van der Waals surface area contributed by atoms with Gasteiger partial charge in [0.25, 0.3) is 5.78 Å². The van der Waals surface area contributed by atoms with Crippen LogP contribution >= 0.6 is 0 Å². The van der Waals surface area contributed by atoms with Crippen LogP contribution < -0.4 is 5.63 Å². The third-order valence-electron chi connectivity index (χ3n) is 2.03. The summed E-state index contributed by atoms with van der Waals surface area (Å²) in [6.07, 6.45) is 1.24. The first-order chi connectivity index (χ1) is 6.86. The SMILES string of the molecule is O=c1oc2ocnc2c2[c-]cccc12.[Ir]. The second kappa shape index (κ2) is 3.60. The Hall–Kier alpha value is -1.45. The van der Waals surface area contributed by atoms with Crippen molar-refractivity contribution in [2.45, 2.75) is 0 Å². The van der Waals surface area contributed by atoms with Gasteiger partial charge >= 0.3 is 5.63 Å². The molecule has 0 saturated carbocycles. The van der Waals surface area contributed by atoms with Crippen LogP contribution in [0.2, 0.25) is 0 Å². The minimum Gasteiger partial charge on any atom is -0.420 e. The molecule has 2 aromatic heterocycles. The molecule has 0 fully saturated rings. The molecule has 15 heavy (non-hydrogen) atoms. The van der Waals surface area contributed by atoms with Crippen LogP contribution in [0.4, 0.5) is 0 Å². The summed E-state index contributed by atoms with van der Waals surface area (Å²) in [5, 5.41) is 1.10. The Kier molecular flexibility index (Phi) is 2.42. The van der Waals surface area contributed by atoms with E-state index in [2.05, 4.69) is 11.1 Å². The van der Waals surface area contributed by atoms with E-state index < -0.39 is 5.63 Å². The molecule has 5 heteroatoms. The van der Waals surface area contributed by atoms with Gasteiger partial charge in [0.05, 0.1) is 5.52 Å². The number of hydrogen-bond acceptors (Lipinski definition) is 4. The summed E-state index contributed by atoms with van der Waals surface area (Å²) in [6.45, 7) is 0. The van der Waals surface area contributed by atoms with Crippen LogP contribution in [-0.4, -0.2) is 4.98 Å². The molecule has 2 heterocycles. The quantitative estimate of drug-likeness (QED) is 0.559. The molecule has 4 nitrogen and oxygen atoms in total. The minimum absolute atomic E-state index is 0. The van der Waals surface area contributed by atoms with Crippen molar-refractivity contribution in [1.82, 2.24) is 4.98 Å². The van der Waals surface area contributed by atoms with Gasteiger partial charge in [0.1, 0.15) is 0 Å². The molecular formula is C10H4IrNO3-. The first kappa shape index (κ1) is 10.1. The van der Waals surface area contributed by atoms with Gasteiger partial charge in [0, 0.05) is 20.1 Å². The van der Waals surface area contributed by atoms with Crippen molar-refractivity contribution in [3.05, 3.63) is 41.1 Å². The number of rotatable bonds is 0. The van der Waals surface area contributed by atoms with Crippen LogP contribution in [0.5, 0.6) is 0 Å². The van der Waals surface area contributed by atoms with Gasteiger partial charge in [-0.2, -0.15) is 0 Å². The van der Waals surface area contributed by atoms with Gasteiger partial charge in [-0.05, 0) is 5.39 Å². The van der Waals surface area contributed by atoms with E-state index in [9.17, 15) is 4.79 Å². The predicted octanol–water partition coefficient (Wildman–Crippen LogP) is 1.73. The molecule has 0 N–H and O–H groups in total. The van der Waals surface area contributed by atoms with Gasteiger partial charge in [-0.3, -0.25) is 9.78 Å². The van der Waals surface area contributed by atoms with E-state index in [0.29, 0.717) is 16.3 Å². The van der Waals surface area contributed by atoms with Crippen molar-refractivity contribution in [3.63, 3.8) is 0 Å². The summed E-state index contributed by atoms with van der Waals surface area (Å²) in [7, 11) is 0. The smallest absolute Gasteiger partial charge is 0.302 e. The third-order valence-corrected chi connectivity index (χ3v) is 2.03. The van der Waals surface area contributed by atoms with E-state index in [4.69, 9.17) is 8.83 Å². The Morgan fingerprint density at radius 3 is 3.13 bits per heavy atom. The molecule has 0 unspecified atom stereocenters. The second-order valence-electron chi connectivity index (χ2n) is 2.84. The zero-order valence-corrected chi connectivity index (χ0v) is 9.71. The van der Waals surface area contributed by atoms with Gasteiger partial charge < -0.3 is 8.83 Å². The Morgan fingerprint density at radius 2 is 2.27 bits per heavy atom. The van der Waals surface area contributed by atoms with E-state index in [1.54, 1.807) is 18.2 Å². The molecule has 0 aliphatic rings. The van der Waals surface area contributed by atoms with Crippen LogP contribution in [0.1, 0.15) is 0 Å². The van der Waals surface area contributed by atoms with Crippen LogP contribution in [0.15, 0.2) is 38.2 Å². The summed E-state index contributed by atoms with van der Waals surface area (Å²) in [5.41, 5.74) is 0.0984.